The van der Waals surface area contributed by atoms with Gasteiger partial charge in [-0.05, 0) is 159 Å². The van der Waals surface area contributed by atoms with Crippen LogP contribution in [0.5, 0.6) is 11.5 Å². The van der Waals surface area contributed by atoms with Gasteiger partial charge >= 0.3 is 5.97 Å². The van der Waals surface area contributed by atoms with E-state index in [1.54, 1.807) is 80.6 Å². The lowest BCUT2D eigenvalue weighted by atomic mass is 9.99. The highest BCUT2D eigenvalue weighted by Crippen LogP contribution is 2.34. The number of benzene rings is 4. The lowest BCUT2D eigenvalue weighted by Gasteiger charge is -2.17. The van der Waals surface area contributed by atoms with E-state index in [0.717, 1.165) is 93.9 Å². The van der Waals surface area contributed by atoms with Crippen LogP contribution >= 0.6 is 0 Å². The van der Waals surface area contributed by atoms with E-state index in [2.05, 4.69) is 35.7 Å². The van der Waals surface area contributed by atoms with E-state index in [-0.39, 0.29) is 47.7 Å². The van der Waals surface area contributed by atoms with Crippen LogP contribution in [0.15, 0.2) is 110 Å². The van der Waals surface area contributed by atoms with Crippen molar-refractivity contribution in [3.63, 3.8) is 0 Å². The second-order valence-corrected chi connectivity index (χ2v) is 18.6. The van der Waals surface area contributed by atoms with Crippen LogP contribution < -0.4 is 32.0 Å². The van der Waals surface area contributed by atoms with Gasteiger partial charge in [-0.3, -0.25) is 14.2 Å². The summed E-state index contributed by atoms with van der Waals surface area (Å²) in [5, 5.41) is 30.8. The van der Waals surface area contributed by atoms with E-state index in [0.29, 0.717) is 40.8 Å². The second kappa shape index (κ2) is 21.2. The zero-order chi connectivity index (χ0) is 52.3. The zero-order valence-corrected chi connectivity index (χ0v) is 41.2. The molecule has 12 rings (SSSR count). The molecule has 0 radical (unpaired) electrons. The molecular formula is C54H54F2N14O5. The monoisotopic (exact) mass is 1020 g/mol. The Morgan fingerprint density at radius 3 is 1.61 bits per heavy atom. The lowest BCUT2D eigenvalue weighted by molar-refractivity contribution is 0.0696. The summed E-state index contributed by atoms with van der Waals surface area (Å²) in [4.78, 5) is 33.1. The quantitative estimate of drug-likeness (QED) is 0.0815. The van der Waals surface area contributed by atoms with Crippen LogP contribution in [0.4, 0.5) is 20.7 Å². The van der Waals surface area contributed by atoms with Gasteiger partial charge in [-0.15, -0.1) is 10.2 Å². The first kappa shape index (κ1) is 49.6. The van der Waals surface area contributed by atoms with Gasteiger partial charge < -0.3 is 37.1 Å². The fourth-order valence-corrected chi connectivity index (χ4v) is 9.63. The molecule has 0 unspecified atom stereocenters. The largest absolute Gasteiger partial charge is 0.490 e. The number of hydrogen-bond donors (Lipinski definition) is 5. The number of carbonyl (C=O) groups excluding carboxylic acids is 1. The number of nitrogens with zero attached hydrogens (tertiary/aromatic N) is 10. The van der Waals surface area contributed by atoms with Crippen molar-refractivity contribution in [3.05, 3.63) is 144 Å². The maximum absolute atomic E-state index is 14.0. The number of rotatable bonds is 11. The topological polar surface area (TPSA) is 259 Å². The number of ether oxygens (including phenoxy) is 2. The molecule has 2 aliphatic rings. The Morgan fingerprint density at radius 2 is 1.12 bits per heavy atom. The molecule has 75 heavy (non-hydrogen) atoms. The number of amides is 1. The van der Waals surface area contributed by atoms with Crippen molar-refractivity contribution in [3.8, 4) is 33.8 Å². The predicted molar refractivity (Wildman–Crippen MR) is 279 cm³/mol. The SMILES string of the molecule is Cn1ncc2c(-c3ccn4nc(N)nc4c3)cc(C(=O)NCc3cc(F)ccc3OC3CCCC3)cc21.Cn1ncc2c(-c3ccn4nc(N)nc4c3)cc(C(=O)O)cc21.NCc1cc(F)ccc1OC1CCCC1. The number of aryl methyl sites for hydroxylation is 2. The van der Waals surface area contributed by atoms with Crippen LogP contribution in [0.3, 0.4) is 0 Å². The molecule has 8 N–H and O–H groups in total. The van der Waals surface area contributed by atoms with Crippen LogP contribution in [0.1, 0.15) is 83.2 Å². The Morgan fingerprint density at radius 1 is 0.653 bits per heavy atom. The lowest BCUT2D eigenvalue weighted by Crippen LogP contribution is -2.24. The van der Waals surface area contributed by atoms with Crippen LogP contribution in [0, 0.1) is 11.6 Å². The van der Waals surface area contributed by atoms with Gasteiger partial charge in [-0.2, -0.15) is 20.2 Å². The molecule has 2 fully saturated rings. The van der Waals surface area contributed by atoms with Crippen molar-refractivity contribution >= 4 is 56.9 Å². The summed E-state index contributed by atoms with van der Waals surface area (Å²) in [6.45, 7) is 0.461. The molecule has 21 heteroatoms. The van der Waals surface area contributed by atoms with Gasteiger partial charge in [-0.25, -0.2) is 22.6 Å². The zero-order valence-electron chi connectivity index (χ0n) is 41.2. The van der Waals surface area contributed by atoms with Gasteiger partial charge in [0, 0.05) is 67.0 Å². The molecule has 6 heterocycles. The summed E-state index contributed by atoms with van der Waals surface area (Å²) < 4.78 is 45.5. The molecule has 1 amide bonds. The molecule has 0 saturated heterocycles. The molecule has 0 spiro atoms. The summed E-state index contributed by atoms with van der Waals surface area (Å²) in [6.07, 6.45) is 16.3. The number of carboxylic acids is 1. The number of aromatic nitrogens is 10. The number of fused-ring (bicyclic) bond motifs is 4. The fraction of sp³-hybridized carbons (Fsp3) is 0.259. The third-order valence-electron chi connectivity index (χ3n) is 13.5. The molecule has 384 valence electrons. The predicted octanol–water partition coefficient (Wildman–Crippen LogP) is 8.42. The van der Waals surface area contributed by atoms with E-state index < -0.39 is 5.97 Å². The number of carboxylic acid groups (broad SMARTS) is 1. The third-order valence-corrected chi connectivity index (χ3v) is 13.5. The molecule has 4 aromatic carbocycles. The molecule has 0 aliphatic heterocycles. The van der Waals surface area contributed by atoms with Crippen molar-refractivity contribution in [1.82, 2.24) is 54.1 Å². The van der Waals surface area contributed by atoms with Gasteiger partial charge in [0.15, 0.2) is 11.3 Å². The number of halogens is 2. The Kier molecular flexibility index (Phi) is 14.0. The first-order chi connectivity index (χ1) is 36.3. The highest BCUT2D eigenvalue weighted by Gasteiger charge is 2.21. The van der Waals surface area contributed by atoms with Crippen LogP contribution in [-0.4, -0.2) is 77.9 Å². The van der Waals surface area contributed by atoms with Crippen molar-refractivity contribution in [2.75, 3.05) is 11.5 Å². The van der Waals surface area contributed by atoms with Crippen LogP contribution in [0.2, 0.25) is 0 Å². The molecule has 6 aromatic heterocycles. The Balaban J connectivity index is 0.000000143. The first-order valence-electron chi connectivity index (χ1n) is 24.5. The standard InChI is InChI=1S/C27H26FN7O2.C15H12N6O2.C12H16FNO/c1-34-23-12-17(11-21(22(23)15-31-34)16-8-9-35-25(13-16)32-27(29)33-35)26(36)30-14-18-10-19(28)6-7-24(18)37-20-4-2-3-5-20;1-20-12-5-9(14(22)23)4-10(11(12)7-17-20)8-2-3-21-13(6-8)18-15(16)19-21;13-10-5-6-12(9(7-10)8-14)15-11-3-1-2-4-11/h6-13,15,20H,2-5,14H2,1H3,(H2,29,33)(H,30,36);2-7H,1H3,(H2,16,19)(H,22,23);5-7,11H,1-4,8,14H2. The van der Waals surface area contributed by atoms with E-state index in [1.165, 1.54) is 37.1 Å². The molecular weight excluding hydrogens is 963 g/mol. The highest BCUT2D eigenvalue weighted by molar-refractivity contribution is 6.04. The van der Waals surface area contributed by atoms with Crippen molar-refractivity contribution < 1.29 is 33.0 Å². The van der Waals surface area contributed by atoms with E-state index in [4.69, 9.17) is 26.7 Å². The summed E-state index contributed by atoms with van der Waals surface area (Å²) in [7, 11) is 3.61. The van der Waals surface area contributed by atoms with Gasteiger partial charge in [-0.1, -0.05) is 0 Å². The number of nitrogen functional groups attached to an aromatic ring is 2. The third kappa shape index (κ3) is 10.9. The number of nitrogens with two attached hydrogens (primary N) is 3. The Hall–Kier alpha value is -8.98. The van der Waals surface area contributed by atoms with E-state index in [9.17, 15) is 23.5 Å². The maximum atomic E-state index is 14.0. The number of aromatic carboxylic acids is 1. The molecule has 2 aliphatic carbocycles. The number of nitrogens with one attached hydrogen (secondary N) is 1. The number of hydrogen-bond acceptors (Lipinski definition) is 13. The van der Waals surface area contributed by atoms with Gasteiger partial charge in [0.25, 0.3) is 5.91 Å². The summed E-state index contributed by atoms with van der Waals surface area (Å²) in [5.41, 5.74) is 24.9. The van der Waals surface area contributed by atoms with Gasteiger partial charge in [0.2, 0.25) is 11.9 Å². The Labute approximate surface area is 427 Å². The summed E-state index contributed by atoms with van der Waals surface area (Å²) in [6, 6.07) is 23.3. The first-order valence-corrected chi connectivity index (χ1v) is 24.5. The number of pyridine rings is 2. The maximum Gasteiger partial charge on any atom is 0.335 e. The molecule has 0 atom stereocenters. The van der Waals surface area contributed by atoms with Gasteiger partial charge in [0.1, 0.15) is 23.1 Å². The number of anilines is 2. The van der Waals surface area contributed by atoms with Crippen molar-refractivity contribution in [2.24, 2.45) is 19.8 Å². The minimum absolute atomic E-state index is 0.132. The summed E-state index contributed by atoms with van der Waals surface area (Å²) in [5.74, 6) is -0.169. The Bertz CT molecular complexity index is 3740. The average molecular weight is 1020 g/mol. The minimum Gasteiger partial charge on any atom is -0.490 e. The molecule has 19 nitrogen and oxygen atoms in total. The van der Waals surface area contributed by atoms with Gasteiger partial charge in [0.05, 0.1) is 41.2 Å². The average Bonchev–Trinajstić information content (AvgIpc) is 4.31. The smallest absolute Gasteiger partial charge is 0.335 e. The van der Waals surface area contributed by atoms with E-state index >= 15 is 0 Å². The summed E-state index contributed by atoms with van der Waals surface area (Å²) >= 11 is 0. The van der Waals surface area contributed by atoms with Crippen molar-refractivity contribution in [1.29, 1.82) is 0 Å². The number of carbonyl (C=O) groups is 2. The normalized spacial score (nSPS) is 13.8. The highest BCUT2D eigenvalue weighted by atomic mass is 19.1. The minimum atomic E-state index is -0.984. The second-order valence-electron chi connectivity index (χ2n) is 18.6. The van der Waals surface area contributed by atoms with Crippen LogP contribution in [0.25, 0.3) is 55.4 Å². The van der Waals surface area contributed by atoms with Crippen LogP contribution in [-0.2, 0) is 27.2 Å². The van der Waals surface area contributed by atoms with E-state index in [1.807, 2.05) is 37.4 Å². The molecule has 10 aromatic rings. The molecule has 0 bridgehead atoms. The fourth-order valence-electron chi connectivity index (χ4n) is 9.63. The molecule has 2 saturated carbocycles. The van der Waals surface area contributed by atoms with Crippen molar-refractivity contribution in [2.45, 2.75) is 76.7 Å².